The van der Waals surface area contributed by atoms with Crippen molar-refractivity contribution in [1.29, 1.82) is 5.26 Å². The van der Waals surface area contributed by atoms with Crippen LogP contribution in [0.3, 0.4) is 0 Å². The van der Waals surface area contributed by atoms with Gasteiger partial charge < -0.3 is 11.6 Å². The summed E-state index contributed by atoms with van der Waals surface area (Å²) < 4.78 is 1.43. The van der Waals surface area contributed by atoms with Crippen LogP contribution < -0.4 is 11.6 Å². The van der Waals surface area contributed by atoms with Crippen LogP contribution in [0.25, 0.3) is 11.3 Å². The number of anilines is 1. The molecule has 0 unspecified atom stereocenters. The summed E-state index contributed by atoms with van der Waals surface area (Å²) in [7, 11) is 0. The van der Waals surface area contributed by atoms with Gasteiger partial charge in [-0.25, -0.2) is 9.66 Å². The highest BCUT2D eigenvalue weighted by Crippen LogP contribution is 2.25. The molecule has 92 valence electrons. The number of nitriles is 1. The van der Waals surface area contributed by atoms with E-state index < -0.39 is 0 Å². The minimum absolute atomic E-state index is 0.447. The van der Waals surface area contributed by atoms with Crippen LogP contribution in [0.15, 0.2) is 24.3 Å². The van der Waals surface area contributed by atoms with E-state index in [-0.39, 0.29) is 0 Å². The first-order valence-corrected chi connectivity index (χ1v) is 5.80. The zero-order valence-corrected chi connectivity index (χ0v) is 10.2. The lowest BCUT2D eigenvalue weighted by atomic mass is 10.1. The average Bonchev–Trinajstić information content (AvgIpc) is 2.68. The Balaban J connectivity index is 2.44. The maximum atomic E-state index is 8.76. The molecule has 0 saturated heterocycles. The van der Waals surface area contributed by atoms with Gasteiger partial charge in [0.05, 0.1) is 11.6 Å². The van der Waals surface area contributed by atoms with Crippen molar-refractivity contribution in [3.05, 3.63) is 35.7 Å². The van der Waals surface area contributed by atoms with E-state index >= 15 is 0 Å². The molecule has 1 aromatic carbocycles. The third-order valence-corrected chi connectivity index (χ3v) is 2.78. The molecule has 0 radical (unpaired) electrons. The molecule has 5 nitrogen and oxygen atoms in total. The standard InChI is InChI=1S/C13H15N5/c1-2-3-11-17-12(13(15)18(11)16)10-6-4-9(8-14)5-7-10/h4-7H,2-3,15-16H2,1H3. The van der Waals surface area contributed by atoms with Crippen molar-refractivity contribution < 1.29 is 0 Å². The highest BCUT2D eigenvalue weighted by molar-refractivity contribution is 5.71. The van der Waals surface area contributed by atoms with Crippen LogP contribution in [0.1, 0.15) is 24.7 Å². The van der Waals surface area contributed by atoms with Gasteiger partial charge in [0.25, 0.3) is 0 Å². The van der Waals surface area contributed by atoms with E-state index in [9.17, 15) is 0 Å². The third-order valence-electron chi connectivity index (χ3n) is 2.78. The largest absolute Gasteiger partial charge is 0.382 e. The highest BCUT2D eigenvalue weighted by atomic mass is 15.4. The lowest BCUT2D eigenvalue weighted by Gasteiger charge is -2.01. The Morgan fingerprint density at radius 2 is 2.00 bits per heavy atom. The Hall–Kier alpha value is -2.48. The first kappa shape index (κ1) is 12.0. The number of hydrogen-bond acceptors (Lipinski definition) is 4. The van der Waals surface area contributed by atoms with Gasteiger partial charge in [0.15, 0.2) is 5.82 Å². The van der Waals surface area contributed by atoms with E-state index in [0.717, 1.165) is 24.2 Å². The minimum Gasteiger partial charge on any atom is -0.382 e. The normalized spacial score (nSPS) is 10.2. The second-order valence-corrected chi connectivity index (χ2v) is 4.07. The number of benzene rings is 1. The number of imidazole rings is 1. The Kier molecular flexibility index (Phi) is 3.20. The van der Waals surface area contributed by atoms with Crippen LogP contribution in [-0.4, -0.2) is 9.66 Å². The number of aryl methyl sites for hydroxylation is 1. The van der Waals surface area contributed by atoms with Gasteiger partial charge in [-0.1, -0.05) is 19.1 Å². The van der Waals surface area contributed by atoms with Gasteiger partial charge in [-0.3, -0.25) is 0 Å². The van der Waals surface area contributed by atoms with Gasteiger partial charge >= 0.3 is 0 Å². The molecule has 0 bridgehead atoms. The van der Waals surface area contributed by atoms with Crippen molar-refractivity contribution in [2.24, 2.45) is 0 Å². The molecule has 0 fully saturated rings. The summed E-state index contributed by atoms with van der Waals surface area (Å²) in [6.45, 7) is 2.06. The van der Waals surface area contributed by atoms with Crippen LogP contribution in [0, 0.1) is 11.3 Å². The van der Waals surface area contributed by atoms with Crippen LogP contribution in [0.5, 0.6) is 0 Å². The number of aromatic nitrogens is 2. The Morgan fingerprint density at radius 1 is 1.33 bits per heavy atom. The van der Waals surface area contributed by atoms with Crippen molar-refractivity contribution in [1.82, 2.24) is 9.66 Å². The maximum absolute atomic E-state index is 8.76. The third kappa shape index (κ3) is 2.00. The topological polar surface area (TPSA) is 93.6 Å². The summed E-state index contributed by atoms with van der Waals surface area (Å²) in [6.07, 6.45) is 1.75. The lowest BCUT2D eigenvalue weighted by Crippen LogP contribution is -2.15. The van der Waals surface area contributed by atoms with E-state index in [2.05, 4.69) is 18.0 Å². The van der Waals surface area contributed by atoms with E-state index in [1.54, 1.807) is 12.1 Å². The summed E-state index contributed by atoms with van der Waals surface area (Å²) >= 11 is 0. The zero-order valence-electron chi connectivity index (χ0n) is 10.2. The monoisotopic (exact) mass is 241 g/mol. The second-order valence-electron chi connectivity index (χ2n) is 4.07. The van der Waals surface area contributed by atoms with Gasteiger partial charge in [-0.05, 0) is 18.6 Å². The number of nitrogens with two attached hydrogens (primary N) is 2. The number of rotatable bonds is 3. The van der Waals surface area contributed by atoms with Gasteiger partial charge in [-0.15, -0.1) is 0 Å². The number of nitrogen functional groups attached to an aromatic ring is 2. The molecule has 0 aliphatic carbocycles. The Morgan fingerprint density at radius 3 is 2.56 bits per heavy atom. The van der Waals surface area contributed by atoms with Gasteiger partial charge in [-0.2, -0.15) is 5.26 Å². The molecule has 1 heterocycles. The first-order valence-electron chi connectivity index (χ1n) is 5.80. The van der Waals surface area contributed by atoms with E-state index in [4.69, 9.17) is 16.8 Å². The predicted molar refractivity (Wildman–Crippen MR) is 70.9 cm³/mol. The molecule has 0 saturated carbocycles. The zero-order chi connectivity index (χ0) is 13.1. The summed E-state index contributed by atoms with van der Waals surface area (Å²) in [5.74, 6) is 7.08. The molecule has 2 aromatic rings. The molecule has 0 amide bonds. The van der Waals surface area contributed by atoms with Crippen molar-refractivity contribution in [3.8, 4) is 17.3 Å². The average molecular weight is 241 g/mol. The fourth-order valence-corrected chi connectivity index (χ4v) is 1.81. The second kappa shape index (κ2) is 4.80. The molecule has 5 heteroatoms. The van der Waals surface area contributed by atoms with Crippen LogP contribution >= 0.6 is 0 Å². The molecule has 1 aromatic heterocycles. The molecule has 4 N–H and O–H groups in total. The SMILES string of the molecule is CCCc1nc(-c2ccc(C#N)cc2)c(N)n1N. The van der Waals surface area contributed by atoms with Crippen molar-refractivity contribution in [3.63, 3.8) is 0 Å². The van der Waals surface area contributed by atoms with E-state index in [1.807, 2.05) is 12.1 Å². The quantitative estimate of drug-likeness (QED) is 0.799. The molecular weight excluding hydrogens is 226 g/mol. The Labute approximate surface area is 106 Å². The number of nitrogens with zero attached hydrogens (tertiary/aromatic N) is 3. The maximum Gasteiger partial charge on any atom is 0.150 e. The van der Waals surface area contributed by atoms with Gasteiger partial charge in [0.1, 0.15) is 11.5 Å². The van der Waals surface area contributed by atoms with Crippen LogP contribution in [0.4, 0.5) is 5.82 Å². The Bertz CT molecular complexity index is 589. The van der Waals surface area contributed by atoms with Crippen LogP contribution in [0.2, 0.25) is 0 Å². The van der Waals surface area contributed by atoms with Gasteiger partial charge in [0.2, 0.25) is 0 Å². The summed E-state index contributed by atoms with van der Waals surface area (Å²) in [4.78, 5) is 4.45. The van der Waals surface area contributed by atoms with Crippen molar-refractivity contribution in [2.45, 2.75) is 19.8 Å². The molecule has 2 rings (SSSR count). The fourth-order valence-electron chi connectivity index (χ4n) is 1.81. The fraction of sp³-hybridized carbons (Fsp3) is 0.231. The summed E-state index contributed by atoms with van der Waals surface area (Å²) in [5, 5.41) is 8.76. The molecule has 0 atom stereocenters. The molecule has 0 spiro atoms. The lowest BCUT2D eigenvalue weighted by molar-refractivity contribution is 0.794. The highest BCUT2D eigenvalue weighted by Gasteiger charge is 2.13. The molecule has 0 aliphatic rings. The molecule has 18 heavy (non-hydrogen) atoms. The number of hydrogen-bond donors (Lipinski definition) is 2. The first-order chi connectivity index (χ1) is 8.67. The molecule has 0 aliphatic heterocycles. The van der Waals surface area contributed by atoms with Crippen molar-refractivity contribution in [2.75, 3.05) is 11.6 Å². The van der Waals surface area contributed by atoms with E-state index in [0.29, 0.717) is 17.1 Å². The van der Waals surface area contributed by atoms with Crippen molar-refractivity contribution >= 4 is 5.82 Å². The van der Waals surface area contributed by atoms with Gasteiger partial charge in [0, 0.05) is 12.0 Å². The van der Waals surface area contributed by atoms with Crippen LogP contribution in [-0.2, 0) is 6.42 Å². The predicted octanol–water partition coefficient (Wildman–Crippen LogP) is 1.67. The summed E-state index contributed by atoms with van der Waals surface area (Å²) in [5.41, 5.74) is 8.10. The summed E-state index contributed by atoms with van der Waals surface area (Å²) in [6, 6.07) is 9.21. The smallest absolute Gasteiger partial charge is 0.150 e. The van der Waals surface area contributed by atoms with E-state index in [1.165, 1.54) is 4.68 Å². The minimum atomic E-state index is 0.447. The molecular formula is C13H15N5.